The molecule has 0 bridgehead atoms. The van der Waals surface area contributed by atoms with Gasteiger partial charge in [-0.25, -0.2) is 0 Å². The van der Waals surface area contributed by atoms with Gasteiger partial charge in [0, 0.05) is 30.7 Å². The van der Waals surface area contributed by atoms with E-state index in [2.05, 4.69) is 5.10 Å². The van der Waals surface area contributed by atoms with E-state index < -0.39 is 0 Å². The van der Waals surface area contributed by atoms with E-state index in [-0.39, 0.29) is 11.9 Å². The van der Waals surface area contributed by atoms with E-state index in [0.717, 1.165) is 35.9 Å². The van der Waals surface area contributed by atoms with Crippen molar-refractivity contribution in [2.24, 2.45) is 7.05 Å². The van der Waals surface area contributed by atoms with Crippen LogP contribution < -0.4 is 0 Å². The lowest BCUT2D eigenvalue weighted by molar-refractivity contribution is 0.0705. The number of carbonyl (C=O) groups is 1. The molecule has 1 fully saturated rings. The van der Waals surface area contributed by atoms with Gasteiger partial charge in [0.2, 0.25) is 0 Å². The van der Waals surface area contributed by atoms with Crippen molar-refractivity contribution in [3.05, 3.63) is 54.0 Å². The van der Waals surface area contributed by atoms with Gasteiger partial charge < -0.3 is 9.32 Å². The molecule has 0 spiro atoms. The van der Waals surface area contributed by atoms with Crippen LogP contribution in [0.5, 0.6) is 0 Å². The van der Waals surface area contributed by atoms with Crippen LogP contribution in [0.15, 0.2) is 47.1 Å². The lowest BCUT2D eigenvalue weighted by atomic mass is 10.1. The average molecular weight is 295 g/mol. The van der Waals surface area contributed by atoms with Gasteiger partial charge >= 0.3 is 0 Å². The van der Waals surface area contributed by atoms with Crippen LogP contribution in [-0.2, 0) is 7.05 Å². The number of furan rings is 1. The Balaban J connectivity index is 1.66. The Morgan fingerprint density at radius 1 is 1.36 bits per heavy atom. The number of nitrogens with zero attached hydrogens (tertiary/aromatic N) is 3. The summed E-state index contributed by atoms with van der Waals surface area (Å²) in [6, 6.07) is 9.62. The first-order valence-corrected chi connectivity index (χ1v) is 7.50. The summed E-state index contributed by atoms with van der Waals surface area (Å²) in [5, 5.41) is 5.18. The fourth-order valence-corrected chi connectivity index (χ4v) is 3.20. The van der Waals surface area contributed by atoms with Crippen LogP contribution >= 0.6 is 0 Å². The molecular weight excluding hydrogens is 278 g/mol. The normalized spacial score (nSPS) is 18.2. The molecule has 1 unspecified atom stereocenters. The molecule has 22 heavy (non-hydrogen) atoms. The fraction of sp³-hybridized carbons (Fsp3) is 0.294. The molecule has 4 rings (SSSR count). The molecule has 1 aliphatic heterocycles. The van der Waals surface area contributed by atoms with Crippen molar-refractivity contribution in [1.82, 2.24) is 14.7 Å². The summed E-state index contributed by atoms with van der Waals surface area (Å²) in [6.45, 7) is 0.759. The number of amides is 1. The van der Waals surface area contributed by atoms with Crippen LogP contribution in [0, 0.1) is 0 Å². The molecule has 0 radical (unpaired) electrons. The molecule has 0 N–H and O–H groups in total. The zero-order valence-electron chi connectivity index (χ0n) is 12.4. The van der Waals surface area contributed by atoms with Crippen molar-refractivity contribution in [2.45, 2.75) is 18.9 Å². The van der Waals surface area contributed by atoms with Gasteiger partial charge in [0.15, 0.2) is 5.76 Å². The summed E-state index contributed by atoms with van der Waals surface area (Å²) < 4.78 is 7.49. The standard InChI is InChI=1S/C17H17N3O2/c1-19-11-13(10-18-19)14-6-4-8-20(14)17(21)16-9-12-5-2-3-7-15(12)22-16/h2-3,5,7,9-11,14H,4,6,8H2,1H3. The topological polar surface area (TPSA) is 51.3 Å². The number of benzene rings is 1. The summed E-state index contributed by atoms with van der Waals surface area (Å²) in [5.41, 5.74) is 1.84. The van der Waals surface area contributed by atoms with Gasteiger partial charge in [-0.05, 0) is 25.0 Å². The molecule has 1 aliphatic rings. The Morgan fingerprint density at radius 3 is 3.00 bits per heavy atom. The zero-order chi connectivity index (χ0) is 15.1. The maximum absolute atomic E-state index is 12.8. The third-order valence-corrected chi connectivity index (χ3v) is 4.26. The fourth-order valence-electron chi connectivity index (χ4n) is 3.20. The Kier molecular flexibility index (Phi) is 2.99. The van der Waals surface area contributed by atoms with Crippen molar-refractivity contribution in [3.8, 4) is 0 Å². The van der Waals surface area contributed by atoms with Crippen LogP contribution in [0.1, 0.15) is 35.0 Å². The second-order valence-electron chi connectivity index (χ2n) is 5.75. The number of para-hydroxylation sites is 1. The summed E-state index contributed by atoms with van der Waals surface area (Å²) in [7, 11) is 1.89. The lowest BCUT2D eigenvalue weighted by Gasteiger charge is -2.22. The largest absolute Gasteiger partial charge is 0.451 e. The maximum Gasteiger partial charge on any atom is 0.290 e. The number of hydrogen-bond acceptors (Lipinski definition) is 3. The quantitative estimate of drug-likeness (QED) is 0.730. The molecule has 1 saturated heterocycles. The molecule has 1 atom stereocenters. The zero-order valence-corrected chi connectivity index (χ0v) is 12.4. The van der Waals surface area contributed by atoms with Crippen LogP contribution in [-0.4, -0.2) is 27.1 Å². The summed E-state index contributed by atoms with van der Waals surface area (Å²) >= 11 is 0. The minimum Gasteiger partial charge on any atom is -0.451 e. The Morgan fingerprint density at radius 2 is 2.23 bits per heavy atom. The van der Waals surface area contributed by atoms with Gasteiger partial charge in [-0.2, -0.15) is 5.10 Å². The first-order valence-electron chi connectivity index (χ1n) is 7.50. The van der Waals surface area contributed by atoms with Crippen LogP contribution in [0.25, 0.3) is 11.0 Å². The Labute approximate surface area is 128 Å². The number of fused-ring (bicyclic) bond motifs is 1. The summed E-state index contributed by atoms with van der Waals surface area (Å²) in [6.07, 6.45) is 5.80. The van der Waals surface area contributed by atoms with Gasteiger partial charge in [-0.15, -0.1) is 0 Å². The van der Waals surface area contributed by atoms with E-state index in [4.69, 9.17) is 4.42 Å². The van der Waals surface area contributed by atoms with E-state index in [1.807, 2.05) is 54.7 Å². The van der Waals surface area contributed by atoms with Crippen LogP contribution in [0.3, 0.4) is 0 Å². The van der Waals surface area contributed by atoms with Crippen molar-refractivity contribution in [2.75, 3.05) is 6.54 Å². The molecule has 5 nitrogen and oxygen atoms in total. The molecule has 2 aromatic heterocycles. The molecular formula is C17H17N3O2. The van der Waals surface area contributed by atoms with Crippen molar-refractivity contribution >= 4 is 16.9 Å². The molecule has 0 aliphatic carbocycles. The predicted octanol–water partition coefficient (Wildman–Crippen LogP) is 3.14. The molecule has 1 amide bonds. The van der Waals surface area contributed by atoms with Crippen molar-refractivity contribution in [1.29, 1.82) is 0 Å². The molecule has 5 heteroatoms. The molecule has 112 valence electrons. The number of carbonyl (C=O) groups excluding carboxylic acids is 1. The van der Waals surface area contributed by atoms with E-state index in [1.165, 1.54) is 0 Å². The molecule has 0 saturated carbocycles. The van der Waals surface area contributed by atoms with E-state index in [1.54, 1.807) is 4.68 Å². The molecule has 3 heterocycles. The van der Waals surface area contributed by atoms with Gasteiger partial charge in [0.05, 0.1) is 12.2 Å². The number of rotatable bonds is 2. The molecule has 1 aromatic carbocycles. The first kappa shape index (κ1) is 13.1. The van der Waals surface area contributed by atoms with Gasteiger partial charge in [0.1, 0.15) is 5.58 Å². The second kappa shape index (κ2) is 5.02. The van der Waals surface area contributed by atoms with E-state index in [9.17, 15) is 4.79 Å². The van der Waals surface area contributed by atoms with Gasteiger partial charge in [-0.3, -0.25) is 9.48 Å². The smallest absolute Gasteiger partial charge is 0.290 e. The van der Waals surface area contributed by atoms with E-state index in [0.29, 0.717) is 5.76 Å². The van der Waals surface area contributed by atoms with Crippen molar-refractivity contribution in [3.63, 3.8) is 0 Å². The minimum atomic E-state index is -0.0393. The predicted molar refractivity (Wildman–Crippen MR) is 82.4 cm³/mol. The Hall–Kier alpha value is -2.56. The second-order valence-corrected chi connectivity index (χ2v) is 5.75. The van der Waals surface area contributed by atoms with Gasteiger partial charge in [-0.1, -0.05) is 18.2 Å². The summed E-state index contributed by atoms with van der Waals surface area (Å²) in [4.78, 5) is 14.7. The third-order valence-electron chi connectivity index (χ3n) is 4.26. The SMILES string of the molecule is Cn1cc(C2CCCN2C(=O)c2cc3ccccc3o2)cn1. The van der Waals surface area contributed by atoms with E-state index >= 15 is 0 Å². The van der Waals surface area contributed by atoms with Gasteiger partial charge in [0.25, 0.3) is 5.91 Å². The van der Waals surface area contributed by atoms with Crippen LogP contribution in [0.2, 0.25) is 0 Å². The number of hydrogen-bond donors (Lipinski definition) is 0. The number of aromatic nitrogens is 2. The highest BCUT2D eigenvalue weighted by Crippen LogP contribution is 2.33. The van der Waals surface area contributed by atoms with Crippen LogP contribution in [0.4, 0.5) is 0 Å². The maximum atomic E-state index is 12.8. The average Bonchev–Trinajstić information content (AvgIpc) is 3.24. The first-order chi connectivity index (χ1) is 10.7. The van der Waals surface area contributed by atoms with Crippen molar-refractivity contribution < 1.29 is 9.21 Å². The highest BCUT2D eigenvalue weighted by molar-refractivity contribution is 5.96. The number of likely N-dealkylation sites (tertiary alicyclic amines) is 1. The summed E-state index contributed by atoms with van der Waals surface area (Å²) in [5.74, 6) is 0.375. The third kappa shape index (κ3) is 2.09. The minimum absolute atomic E-state index is 0.0393. The Bertz CT molecular complexity index is 800. The number of aryl methyl sites for hydroxylation is 1. The molecule has 3 aromatic rings. The monoisotopic (exact) mass is 295 g/mol. The highest BCUT2D eigenvalue weighted by atomic mass is 16.3. The lowest BCUT2D eigenvalue weighted by Crippen LogP contribution is -2.30. The highest BCUT2D eigenvalue weighted by Gasteiger charge is 2.32.